The van der Waals surface area contributed by atoms with Crippen LogP contribution in [0, 0.1) is 5.92 Å². The summed E-state index contributed by atoms with van der Waals surface area (Å²) < 4.78 is 10.6. The molecule has 2 aromatic rings. The van der Waals surface area contributed by atoms with Crippen LogP contribution in [-0.2, 0) is 4.79 Å². The molecule has 1 amide bonds. The number of rotatable bonds is 5. The van der Waals surface area contributed by atoms with Gasteiger partial charge in [0.15, 0.2) is 11.5 Å². The number of aliphatic hydroxyl groups excluding tert-OH is 1. The van der Waals surface area contributed by atoms with Gasteiger partial charge in [0, 0.05) is 5.92 Å². The van der Waals surface area contributed by atoms with E-state index in [9.17, 15) is 9.90 Å². The van der Waals surface area contributed by atoms with Crippen LogP contribution in [0.1, 0.15) is 36.5 Å². The number of amides is 1. The minimum Gasteiger partial charge on any atom is -0.454 e. The van der Waals surface area contributed by atoms with Crippen LogP contribution >= 0.6 is 0 Å². The lowest BCUT2D eigenvalue weighted by molar-refractivity contribution is -0.123. The molecule has 0 unspecified atom stereocenters. The molecule has 0 aromatic heterocycles. The molecular weight excluding hydrogens is 318 g/mol. The zero-order chi connectivity index (χ0) is 17.4. The molecule has 1 fully saturated rings. The Morgan fingerprint density at radius 1 is 1.16 bits per heavy atom. The maximum absolute atomic E-state index is 12.5. The van der Waals surface area contributed by atoms with Gasteiger partial charge < -0.3 is 19.9 Å². The molecule has 130 valence electrons. The fraction of sp³-hybridized carbons (Fsp3) is 0.350. The molecule has 25 heavy (non-hydrogen) atoms. The van der Waals surface area contributed by atoms with Crippen molar-refractivity contribution in [2.75, 3.05) is 6.79 Å². The van der Waals surface area contributed by atoms with E-state index < -0.39 is 6.10 Å². The van der Waals surface area contributed by atoms with Crippen molar-refractivity contribution in [2.24, 2.45) is 5.92 Å². The maximum Gasteiger partial charge on any atom is 0.231 e. The highest BCUT2D eigenvalue weighted by Crippen LogP contribution is 2.47. The minimum atomic E-state index is -0.799. The van der Waals surface area contributed by atoms with Crippen LogP contribution in [0.25, 0.3) is 0 Å². The first kappa shape index (κ1) is 16.0. The quantitative estimate of drug-likeness (QED) is 0.879. The highest BCUT2D eigenvalue weighted by molar-refractivity contribution is 5.83. The first-order valence-electron chi connectivity index (χ1n) is 8.56. The molecule has 1 aliphatic heterocycles. The van der Waals surface area contributed by atoms with E-state index in [1.807, 2.05) is 25.1 Å². The molecule has 2 aliphatic rings. The number of benzene rings is 2. The Bertz CT molecular complexity index is 777. The van der Waals surface area contributed by atoms with Crippen molar-refractivity contribution >= 4 is 5.91 Å². The van der Waals surface area contributed by atoms with Crippen molar-refractivity contribution in [3.8, 4) is 11.5 Å². The zero-order valence-electron chi connectivity index (χ0n) is 14.0. The summed E-state index contributed by atoms with van der Waals surface area (Å²) in [5, 5.41) is 13.5. The zero-order valence-corrected chi connectivity index (χ0v) is 14.0. The second-order valence-electron chi connectivity index (χ2n) is 6.71. The minimum absolute atomic E-state index is 0.00106. The molecule has 0 saturated heterocycles. The van der Waals surface area contributed by atoms with Gasteiger partial charge in [-0.05, 0) is 42.5 Å². The molecule has 0 bridgehead atoms. The van der Waals surface area contributed by atoms with E-state index in [-0.39, 0.29) is 30.6 Å². The second-order valence-corrected chi connectivity index (χ2v) is 6.71. The number of nitrogens with one attached hydrogen (secondary N) is 1. The van der Waals surface area contributed by atoms with Crippen LogP contribution in [0.4, 0.5) is 0 Å². The number of aliphatic hydroxyl groups is 1. The summed E-state index contributed by atoms with van der Waals surface area (Å²) >= 11 is 0. The number of carbonyl (C=O) groups is 1. The third-order valence-electron chi connectivity index (χ3n) is 4.94. The third kappa shape index (κ3) is 3.20. The predicted octanol–water partition coefficient (Wildman–Crippen LogP) is 2.76. The largest absolute Gasteiger partial charge is 0.454 e. The van der Waals surface area contributed by atoms with Crippen LogP contribution in [0.2, 0.25) is 0 Å². The molecule has 5 heteroatoms. The van der Waals surface area contributed by atoms with Crippen molar-refractivity contribution < 1.29 is 19.4 Å². The Labute approximate surface area is 146 Å². The van der Waals surface area contributed by atoms with Gasteiger partial charge in [0.2, 0.25) is 12.7 Å². The van der Waals surface area contributed by atoms with Gasteiger partial charge in [0.05, 0.1) is 12.1 Å². The predicted molar refractivity (Wildman–Crippen MR) is 92.4 cm³/mol. The Hall–Kier alpha value is -2.53. The summed E-state index contributed by atoms with van der Waals surface area (Å²) in [6, 6.07) is 15.0. The standard InChI is InChI=1S/C20H21NO4/c1-12(19(22)14-7-8-17-18(9-14)25-11-24-17)21-20(23)16-10-15(16)13-5-3-2-4-6-13/h2-9,12,15-16,19,22H,10-11H2,1H3,(H,21,23)/t12-,15+,16+,19-/m0/s1. The molecule has 1 saturated carbocycles. The van der Waals surface area contributed by atoms with Gasteiger partial charge in [0.25, 0.3) is 0 Å². The van der Waals surface area contributed by atoms with E-state index in [4.69, 9.17) is 9.47 Å². The summed E-state index contributed by atoms with van der Waals surface area (Å²) in [5.41, 5.74) is 1.90. The smallest absolute Gasteiger partial charge is 0.231 e. The summed E-state index contributed by atoms with van der Waals surface area (Å²) in [6.07, 6.45) is 0.0650. The van der Waals surface area contributed by atoms with Gasteiger partial charge in [-0.25, -0.2) is 0 Å². The number of hydrogen-bond donors (Lipinski definition) is 2. The van der Waals surface area contributed by atoms with Crippen LogP contribution in [0.3, 0.4) is 0 Å². The Morgan fingerprint density at radius 3 is 2.72 bits per heavy atom. The summed E-state index contributed by atoms with van der Waals surface area (Å²) in [6.45, 7) is 2.01. The van der Waals surface area contributed by atoms with Gasteiger partial charge in [-0.15, -0.1) is 0 Å². The van der Waals surface area contributed by atoms with E-state index in [1.54, 1.807) is 18.2 Å². The highest BCUT2D eigenvalue weighted by Gasteiger charge is 2.44. The van der Waals surface area contributed by atoms with Crippen molar-refractivity contribution in [2.45, 2.75) is 31.4 Å². The average Bonchev–Trinajstić information content (AvgIpc) is 3.31. The maximum atomic E-state index is 12.5. The monoisotopic (exact) mass is 339 g/mol. The first-order chi connectivity index (χ1) is 12.1. The van der Waals surface area contributed by atoms with Crippen LogP contribution in [0.5, 0.6) is 11.5 Å². The Balaban J connectivity index is 1.37. The van der Waals surface area contributed by atoms with Crippen LogP contribution in [-0.4, -0.2) is 23.8 Å². The van der Waals surface area contributed by atoms with Crippen LogP contribution < -0.4 is 14.8 Å². The molecule has 0 spiro atoms. The molecule has 1 aliphatic carbocycles. The fourth-order valence-electron chi connectivity index (χ4n) is 3.35. The van der Waals surface area contributed by atoms with E-state index in [1.165, 1.54) is 5.56 Å². The summed E-state index contributed by atoms with van der Waals surface area (Å²) in [7, 11) is 0. The molecule has 1 heterocycles. The van der Waals surface area contributed by atoms with Crippen molar-refractivity contribution in [3.05, 3.63) is 59.7 Å². The number of fused-ring (bicyclic) bond motifs is 1. The molecule has 5 nitrogen and oxygen atoms in total. The average molecular weight is 339 g/mol. The molecule has 2 aromatic carbocycles. The van der Waals surface area contributed by atoms with Crippen molar-refractivity contribution in [1.82, 2.24) is 5.32 Å². The van der Waals surface area contributed by atoms with Crippen molar-refractivity contribution in [1.29, 1.82) is 0 Å². The third-order valence-corrected chi connectivity index (χ3v) is 4.94. The van der Waals surface area contributed by atoms with E-state index in [2.05, 4.69) is 17.4 Å². The lowest BCUT2D eigenvalue weighted by atomic mass is 10.0. The fourth-order valence-corrected chi connectivity index (χ4v) is 3.35. The molecule has 2 N–H and O–H groups in total. The SMILES string of the molecule is C[C@H](NC(=O)[C@@H]1C[C@@H]1c1ccccc1)[C@H](O)c1ccc2c(c1)OCO2. The lowest BCUT2D eigenvalue weighted by Crippen LogP contribution is -2.38. The lowest BCUT2D eigenvalue weighted by Gasteiger charge is -2.21. The highest BCUT2D eigenvalue weighted by atomic mass is 16.7. The van der Waals surface area contributed by atoms with Gasteiger partial charge >= 0.3 is 0 Å². The Kier molecular flexibility index (Phi) is 4.09. The van der Waals surface area contributed by atoms with Gasteiger partial charge in [-0.1, -0.05) is 36.4 Å². The molecule has 0 radical (unpaired) electrons. The normalized spacial score (nSPS) is 23.0. The number of hydrogen-bond acceptors (Lipinski definition) is 4. The van der Waals surface area contributed by atoms with Crippen LogP contribution in [0.15, 0.2) is 48.5 Å². The topological polar surface area (TPSA) is 67.8 Å². The van der Waals surface area contributed by atoms with E-state index in [0.717, 1.165) is 6.42 Å². The number of ether oxygens (including phenoxy) is 2. The number of carbonyl (C=O) groups excluding carboxylic acids is 1. The van der Waals surface area contributed by atoms with Gasteiger partial charge in [-0.3, -0.25) is 4.79 Å². The Morgan fingerprint density at radius 2 is 1.92 bits per heavy atom. The van der Waals surface area contributed by atoms with E-state index >= 15 is 0 Å². The summed E-state index contributed by atoms with van der Waals surface area (Å²) in [5.74, 6) is 1.59. The second kappa shape index (κ2) is 6.41. The first-order valence-corrected chi connectivity index (χ1v) is 8.56. The van der Waals surface area contributed by atoms with Gasteiger partial charge in [0.1, 0.15) is 0 Å². The summed E-state index contributed by atoms with van der Waals surface area (Å²) in [4.78, 5) is 12.5. The van der Waals surface area contributed by atoms with Gasteiger partial charge in [-0.2, -0.15) is 0 Å². The molecule has 4 atom stereocenters. The molecular formula is C20H21NO4. The van der Waals surface area contributed by atoms with Crippen molar-refractivity contribution in [3.63, 3.8) is 0 Å². The molecule has 4 rings (SSSR count). The van der Waals surface area contributed by atoms with E-state index in [0.29, 0.717) is 17.1 Å².